The summed E-state index contributed by atoms with van der Waals surface area (Å²) in [4.78, 5) is 14.3. The number of ether oxygens (including phenoxy) is 1. The molecule has 152 valence electrons. The summed E-state index contributed by atoms with van der Waals surface area (Å²) in [7, 11) is -2.02. The van der Waals surface area contributed by atoms with Crippen LogP contribution in [0.25, 0.3) is 0 Å². The summed E-state index contributed by atoms with van der Waals surface area (Å²) >= 11 is 0. The standard InChI is InChI=1S/C19H31N3O4S/c1-14-12-16(26-5)6-7-17(14)27(24,25)20-13-15-8-10-22(11-9-15)18(23)21-19(2,3)4/h6-7,12,15,20H,8-11,13H2,1-5H3,(H,21,23). The van der Waals surface area contributed by atoms with Crippen LogP contribution in [0.5, 0.6) is 5.75 Å². The number of rotatable bonds is 5. The quantitative estimate of drug-likeness (QED) is 0.799. The van der Waals surface area contributed by atoms with Crippen molar-refractivity contribution in [3.05, 3.63) is 23.8 Å². The van der Waals surface area contributed by atoms with Gasteiger partial charge >= 0.3 is 6.03 Å². The Kier molecular flexibility index (Phi) is 6.75. The van der Waals surface area contributed by atoms with E-state index in [1.165, 1.54) is 0 Å². The van der Waals surface area contributed by atoms with E-state index in [4.69, 9.17) is 4.74 Å². The van der Waals surface area contributed by atoms with Crippen LogP contribution in [0.1, 0.15) is 39.2 Å². The second kappa shape index (κ2) is 8.48. The number of carbonyl (C=O) groups excluding carboxylic acids is 1. The van der Waals surface area contributed by atoms with Crippen LogP contribution < -0.4 is 14.8 Å². The molecule has 1 heterocycles. The van der Waals surface area contributed by atoms with E-state index in [2.05, 4.69) is 10.0 Å². The first-order valence-electron chi connectivity index (χ1n) is 9.23. The SMILES string of the molecule is COc1ccc(S(=O)(=O)NCC2CCN(C(=O)NC(C)(C)C)CC2)c(C)c1. The summed E-state index contributed by atoms with van der Waals surface area (Å²) in [6.07, 6.45) is 1.56. The zero-order valence-corrected chi connectivity index (χ0v) is 17.6. The molecule has 0 saturated carbocycles. The highest BCUT2D eigenvalue weighted by molar-refractivity contribution is 7.89. The van der Waals surface area contributed by atoms with Gasteiger partial charge in [0.15, 0.2) is 0 Å². The predicted octanol–water partition coefficient (Wildman–Crippen LogP) is 2.50. The molecular formula is C19H31N3O4S. The number of hydrogen-bond acceptors (Lipinski definition) is 4. The van der Waals surface area contributed by atoms with Crippen LogP contribution in [0, 0.1) is 12.8 Å². The Morgan fingerprint density at radius 3 is 2.41 bits per heavy atom. The minimum atomic E-state index is -3.57. The molecule has 0 bridgehead atoms. The molecule has 1 aromatic rings. The summed E-state index contributed by atoms with van der Waals surface area (Å²) in [5.41, 5.74) is 0.385. The van der Waals surface area contributed by atoms with Crippen molar-refractivity contribution in [1.29, 1.82) is 0 Å². The van der Waals surface area contributed by atoms with Gasteiger partial charge in [0.05, 0.1) is 12.0 Å². The largest absolute Gasteiger partial charge is 0.497 e. The van der Waals surface area contributed by atoms with Gasteiger partial charge in [0.25, 0.3) is 0 Å². The Bertz CT molecular complexity index is 764. The van der Waals surface area contributed by atoms with Crippen molar-refractivity contribution in [1.82, 2.24) is 14.9 Å². The summed E-state index contributed by atoms with van der Waals surface area (Å²) in [5, 5.41) is 2.96. The average Bonchev–Trinajstić information content (AvgIpc) is 2.58. The fourth-order valence-electron chi connectivity index (χ4n) is 3.10. The monoisotopic (exact) mass is 397 g/mol. The number of nitrogens with one attached hydrogen (secondary N) is 2. The van der Waals surface area contributed by atoms with E-state index in [1.54, 1.807) is 37.1 Å². The number of aryl methyl sites for hydroxylation is 1. The number of amides is 2. The normalized spacial score (nSPS) is 16.3. The molecular weight excluding hydrogens is 366 g/mol. The third kappa shape index (κ3) is 6.10. The molecule has 0 atom stereocenters. The molecule has 0 aliphatic carbocycles. The van der Waals surface area contributed by atoms with Gasteiger partial charge in [0.2, 0.25) is 10.0 Å². The molecule has 0 unspecified atom stereocenters. The Balaban J connectivity index is 1.88. The number of likely N-dealkylation sites (tertiary alicyclic amines) is 1. The van der Waals surface area contributed by atoms with Gasteiger partial charge in [-0.3, -0.25) is 0 Å². The zero-order chi connectivity index (χ0) is 20.2. The molecule has 2 N–H and O–H groups in total. The molecule has 8 heteroatoms. The second-order valence-electron chi connectivity index (χ2n) is 8.09. The van der Waals surface area contributed by atoms with Crippen LogP contribution in [0.3, 0.4) is 0 Å². The van der Waals surface area contributed by atoms with Gasteiger partial charge in [-0.15, -0.1) is 0 Å². The highest BCUT2D eigenvalue weighted by atomic mass is 32.2. The number of piperidine rings is 1. The summed E-state index contributed by atoms with van der Waals surface area (Å²) in [6, 6.07) is 4.86. The molecule has 0 spiro atoms. The maximum absolute atomic E-state index is 12.6. The Morgan fingerprint density at radius 2 is 1.89 bits per heavy atom. The highest BCUT2D eigenvalue weighted by Gasteiger charge is 2.26. The number of methoxy groups -OCH3 is 1. The van der Waals surface area contributed by atoms with Gasteiger partial charge in [0, 0.05) is 25.2 Å². The van der Waals surface area contributed by atoms with Crippen LogP contribution in [0.4, 0.5) is 4.79 Å². The Labute approximate surface area is 162 Å². The lowest BCUT2D eigenvalue weighted by atomic mass is 9.97. The fraction of sp³-hybridized carbons (Fsp3) is 0.632. The fourth-order valence-corrected chi connectivity index (χ4v) is 4.44. The first-order chi connectivity index (χ1) is 12.5. The van der Waals surface area contributed by atoms with E-state index < -0.39 is 10.0 Å². The predicted molar refractivity (Wildman–Crippen MR) is 106 cm³/mol. The van der Waals surface area contributed by atoms with Crippen LogP contribution in [0.2, 0.25) is 0 Å². The van der Waals surface area contributed by atoms with Gasteiger partial charge < -0.3 is 15.0 Å². The average molecular weight is 398 g/mol. The number of urea groups is 1. The van der Waals surface area contributed by atoms with E-state index in [9.17, 15) is 13.2 Å². The lowest BCUT2D eigenvalue weighted by molar-refractivity contribution is 0.163. The molecule has 1 saturated heterocycles. The van der Waals surface area contributed by atoms with Crippen LogP contribution in [0.15, 0.2) is 23.1 Å². The topological polar surface area (TPSA) is 87.7 Å². The van der Waals surface area contributed by atoms with E-state index >= 15 is 0 Å². The van der Waals surface area contributed by atoms with Crippen molar-refractivity contribution in [2.75, 3.05) is 26.7 Å². The molecule has 1 fully saturated rings. The lowest BCUT2D eigenvalue weighted by Gasteiger charge is -2.34. The third-order valence-electron chi connectivity index (χ3n) is 4.62. The van der Waals surface area contributed by atoms with Crippen molar-refractivity contribution in [3.8, 4) is 5.75 Å². The van der Waals surface area contributed by atoms with E-state index in [0.717, 1.165) is 12.8 Å². The van der Waals surface area contributed by atoms with Gasteiger partial charge in [-0.25, -0.2) is 17.9 Å². The van der Waals surface area contributed by atoms with Gasteiger partial charge in [-0.1, -0.05) is 0 Å². The number of hydrogen-bond donors (Lipinski definition) is 2. The third-order valence-corrected chi connectivity index (χ3v) is 6.20. The van der Waals surface area contributed by atoms with Crippen molar-refractivity contribution < 1.29 is 17.9 Å². The molecule has 27 heavy (non-hydrogen) atoms. The minimum Gasteiger partial charge on any atom is -0.497 e. The van der Waals surface area contributed by atoms with Crippen molar-refractivity contribution in [2.24, 2.45) is 5.92 Å². The minimum absolute atomic E-state index is 0.0598. The number of carbonyl (C=O) groups is 1. The maximum atomic E-state index is 12.6. The maximum Gasteiger partial charge on any atom is 0.317 e. The van der Waals surface area contributed by atoms with Crippen LogP contribution >= 0.6 is 0 Å². The summed E-state index contributed by atoms with van der Waals surface area (Å²) in [5.74, 6) is 0.851. The van der Waals surface area contributed by atoms with E-state index in [1.807, 2.05) is 20.8 Å². The van der Waals surface area contributed by atoms with Gasteiger partial charge in [-0.2, -0.15) is 0 Å². The molecule has 0 aromatic heterocycles. The Hall–Kier alpha value is -1.80. The summed E-state index contributed by atoms with van der Waals surface area (Å²) < 4.78 is 33.0. The molecule has 1 aliphatic rings. The van der Waals surface area contributed by atoms with Gasteiger partial charge in [-0.05, 0) is 70.2 Å². The first kappa shape index (κ1) is 21.5. The molecule has 0 radical (unpaired) electrons. The van der Waals surface area contributed by atoms with E-state index in [0.29, 0.717) is 30.9 Å². The van der Waals surface area contributed by atoms with Crippen molar-refractivity contribution >= 4 is 16.1 Å². The smallest absolute Gasteiger partial charge is 0.317 e. The number of benzene rings is 1. The van der Waals surface area contributed by atoms with Crippen molar-refractivity contribution in [2.45, 2.75) is 51.0 Å². The van der Waals surface area contributed by atoms with E-state index in [-0.39, 0.29) is 22.4 Å². The summed E-state index contributed by atoms with van der Waals surface area (Å²) in [6.45, 7) is 9.26. The number of sulfonamides is 1. The van der Waals surface area contributed by atoms with Gasteiger partial charge in [0.1, 0.15) is 5.75 Å². The first-order valence-corrected chi connectivity index (χ1v) is 10.7. The van der Waals surface area contributed by atoms with Crippen molar-refractivity contribution in [3.63, 3.8) is 0 Å². The zero-order valence-electron chi connectivity index (χ0n) is 16.8. The Morgan fingerprint density at radius 1 is 1.26 bits per heavy atom. The molecule has 7 nitrogen and oxygen atoms in total. The molecule has 1 aromatic carbocycles. The lowest BCUT2D eigenvalue weighted by Crippen LogP contribution is -2.51. The second-order valence-corrected chi connectivity index (χ2v) is 9.83. The number of nitrogens with zero attached hydrogens (tertiary/aromatic N) is 1. The molecule has 2 rings (SSSR count). The highest BCUT2D eigenvalue weighted by Crippen LogP contribution is 2.22. The van der Waals surface area contributed by atoms with Crippen LogP contribution in [-0.4, -0.2) is 51.6 Å². The molecule has 1 aliphatic heterocycles. The van der Waals surface area contributed by atoms with Crippen LogP contribution in [-0.2, 0) is 10.0 Å². The molecule has 2 amide bonds.